The second-order valence-corrected chi connectivity index (χ2v) is 6.72. The van der Waals surface area contributed by atoms with E-state index >= 15 is 0 Å². The van der Waals surface area contributed by atoms with Gasteiger partial charge in [-0.3, -0.25) is 0 Å². The van der Waals surface area contributed by atoms with E-state index in [2.05, 4.69) is 68.3 Å². The molecule has 1 atom stereocenters. The summed E-state index contributed by atoms with van der Waals surface area (Å²) in [5.41, 5.74) is 1.13. The third-order valence-electron chi connectivity index (χ3n) is 3.16. The van der Waals surface area contributed by atoms with Gasteiger partial charge in [0.25, 0.3) is 0 Å². The number of hydrogen-bond donors (Lipinski definition) is 0. The van der Waals surface area contributed by atoms with Crippen molar-refractivity contribution in [2.24, 2.45) is 0 Å². The van der Waals surface area contributed by atoms with Crippen molar-refractivity contribution < 1.29 is 0 Å². The summed E-state index contributed by atoms with van der Waals surface area (Å²) in [7, 11) is -0.600. The van der Waals surface area contributed by atoms with Crippen LogP contribution in [0, 0.1) is 0 Å². The van der Waals surface area contributed by atoms with Gasteiger partial charge >= 0.3 is 0 Å². The Morgan fingerprint density at radius 1 is 0.810 bits per heavy atom. The topological polar surface area (TPSA) is 0 Å². The predicted molar refractivity (Wildman–Crippen MR) is 97.6 cm³/mol. The fourth-order valence-corrected chi connectivity index (χ4v) is 4.39. The minimum Gasteiger partial charge on any atom is -0.0990 e. The van der Waals surface area contributed by atoms with E-state index in [1.807, 2.05) is 30.4 Å². The Morgan fingerprint density at radius 3 is 1.95 bits per heavy atom. The van der Waals surface area contributed by atoms with Gasteiger partial charge in [0.05, 0.1) is 0 Å². The molecule has 0 heterocycles. The monoisotopic (exact) mass is 290 g/mol. The molecule has 0 aliphatic heterocycles. The van der Waals surface area contributed by atoms with Gasteiger partial charge in [-0.2, -0.15) is 0 Å². The minimum absolute atomic E-state index is 0.600. The van der Waals surface area contributed by atoms with Gasteiger partial charge in [0.1, 0.15) is 0 Å². The molecule has 0 bridgehead atoms. The molecule has 0 aromatic heterocycles. The van der Waals surface area contributed by atoms with Gasteiger partial charge in [-0.05, 0) is 29.4 Å². The lowest BCUT2D eigenvalue weighted by molar-refractivity contribution is 1.70. The summed E-state index contributed by atoms with van der Waals surface area (Å²) in [6, 6.07) is 19.1. The second-order valence-electron chi connectivity index (χ2n) is 4.50. The van der Waals surface area contributed by atoms with E-state index in [4.69, 9.17) is 0 Å². The van der Waals surface area contributed by atoms with Gasteiger partial charge in [-0.25, -0.2) is 0 Å². The second kappa shape index (κ2) is 7.57. The van der Waals surface area contributed by atoms with Gasteiger partial charge in [0, 0.05) is 0 Å². The number of rotatable bonds is 6. The molecule has 2 aromatic carbocycles. The highest BCUT2D eigenvalue weighted by molar-refractivity contribution is 7.77. The fourth-order valence-electron chi connectivity index (χ4n) is 2.14. The quantitative estimate of drug-likeness (QED) is 0.518. The molecule has 0 fully saturated rings. The number of hydrogen-bond acceptors (Lipinski definition) is 0. The zero-order valence-corrected chi connectivity index (χ0v) is 13.0. The Hall–Kier alpha value is -2.17. The summed E-state index contributed by atoms with van der Waals surface area (Å²) in [5.74, 6) is 0. The fraction of sp³-hybridized carbons (Fsp3) is 0. The van der Waals surface area contributed by atoms with Crippen molar-refractivity contribution in [1.82, 2.24) is 0 Å². The highest BCUT2D eigenvalue weighted by Gasteiger charge is 2.16. The molecule has 0 nitrogen and oxygen atoms in total. The van der Waals surface area contributed by atoms with Crippen molar-refractivity contribution in [3.05, 3.63) is 103 Å². The maximum absolute atomic E-state index is 3.97. The van der Waals surface area contributed by atoms with Crippen molar-refractivity contribution >= 4 is 24.6 Å². The third kappa shape index (κ3) is 3.68. The zero-order chi connectivity index (χ0) is 15.1. The number of allylic oxidation sites excluding steroid dienone is 4. The van der Waals surface area contributed by atoms with E-state index in [-0.39, 0.29) is 0 Å². The van der Waals surface area contributed by atoms with Crippen LogP contribution in [0.4, 0.5) is 0 Å². The lowest BCUT2D eigenvalue weighted by Gasteiger charge is -2.20. The van der Waals surface area contributed by atoms with Crippen LogP contribution in [0.25, 0.3) is 6.08 Å². The van der Waals surface area contributed by atoms with Crippen molar-refractivity contribution in [2.45, 2.75) is 0 Å². The molecule has 0 saturated heterocycles. The summed E-state index contributed by atoms with van der Waals surface area (Å²) in [4.78, 5) is 0. The number of benzene rings is 2. The Kier molecular flexibility index (Phi) is 5.49. The van der Waals surface area contributed by atoms with E-state index in [0.29, 0.717) is 0 Å². The van der Waals surface area contributed by atoms with Crippen LogP contribution in [0.5, 0.6) is 0 Å². The van der Waals surface area contributed by atoms with E-state index < -0.39 is 7.92 Å². The molecule has 104 valence electrons. The average molecular weight is 290 g/mol. The highest BCUT2D eigenvalue weighted by Crippen LogP contribution is 2.43. The van der Waals surface area contributed by atoms with Crippen LogP contribution in [0.1, 0.15) is 5.56 Å². The summed E-state index contributed by atoms with van der Waals surface area (Å²) in [6.07, 6.45) is 7.67. The Labute approximate surface area is 128 Å². The van der Waals surface area contributed by atoms with Crippen LogP contribution in [0.2, 0.25) is 0 Å². The Balaban J connectivity index is 2.54. The SMILES string of the molecule is C=CC=C(C=C)P(c1ccccc1)c1ccc(C=C)cc1. The summed E-state index contributed by atoms with van der Waals surface area (Å²) < 4.78 is 0. The average Bonchev–Trinajstić information content (AvgIpc) is 2.56. The normalized spacial score (nSPS) is 12.5. The first-order valence-electron chi connectivity index (χ1n) is 6.83. The van der Waals surface area contributed by atoms with E-state index in [1.54, 1.807) is 0 Å². The smallest absolute Gasteiger partial charge is 0.0135 e. The standard InChI is InChI=1S/C20H19P/c1-4-10-18(6-3)21(19-11-8-7-9-12-19)20-15-13-17(5-2)14-16-20/h4-16H,1-3H2. The first-order chi connectivity index (χ1) is 10.3. The molecule has 2 aromatic rings. The van der Waals surface area contributed by atoms with E-state index in [9.17, 15) is 0 Å². The van der Waals surface area contributed by atoms with Crippen molar-refractivity contribution in [3.63, 3.8) is 0 Å². The van der Waals surface area contributed by atoms with Crippen LogP contribution in [0.15, 0.2) is 97.9 Å². The van der Waals surface area contributed by atoms with Crippen LogP contribution >= 0.6 is 7.92 Å². The lowest BCUT2D eigenvalue weighted by atomic mass is 10.2. The maximum atomic E-state index is 3.97. The maximum Gasteiger partial charge on any atom is -0.0135 e. The predicted octanol–water partition coefficient (Wildman–Crippen LogP) is 5.02. The molecule has 1 heteroatoms. The van der Waals surface area contributed by atoms with Crippen LogP contribution in [-0.2, 0) is 0 Å². The highest BCUT2D eigenvalue weighted by atomic mass is 31.1. The Morgan fingerprint density at radius 2 is 1.43 bits per heavy atom. The molecule has 0 N–H and O–H groups in total. The summed E-state index contributed by atoms with van der Waals surface area (Å²) >= 11 is 0. The first kappa shape index (κ1) is 15.2. The zero-order valence-electron chi connectivity index (χ0n) is 12.1. The largest absolute Gasteiger partial charge is 0.0990 e. The van der Waals surface area contributed by atoms with E-state index in [1.165, 1.54) is 15.9 Å². The van der Waals surface area contributed by atoms with Crippen LogP contribution < -0.4 is 10.6 Å². The van der Waals surface area contributed by atoms with Gasteiger partial charge in [-0.1, -0.05) is 98.6 Å². The van der Waals surface area contributed by atoms with Gasteiger partial charge in [0.2, 0.25) is 0 Å². The molecule has 0 aliphatic carbocycles. The molecule has 1 unspecified atom stereocenters. The van der Waals surface area contributed by atoms with Crippen molar-refractivity contribution in [2.75, 3.05) is 0 Å². The van der Waals surface area contributed by atoms with Crippen molar-refractivity contribution in [3.8, 4) is 0 Å². The molecule has 2 rings (SSSR count). The minimum atomic E-state index is -0.600. The van der Waals surface area contributed by atoms with E-state index in [0.717, 1.165) is 5.56 Å². The first-order valence-corrected chi connectivity index (χ1v) is 8.17. The molecule has 0 spiro atoms. The van der Waals surface area contributed by atoms with Gasteiger partial charge < -0.3 is 0 Å². The molecule has 0 amide bonds. The molecule has 0 radical (unpaired) electrons. The lowest BCUT2D eigenvalue weighted by Crippen LogP contribution is -2.12. The third-order valence-corrected chi connectivity index (χ3v) is 5.63. The molecule has 21 heavy (non-hydrogen) atoms. The van der Waals surface area contributed by atoms with Crippen molar-refractivity contribution in [1.29, 1.82) is 0 Å². The molecule has 0 saturated carbocycles. The molecule has 0 aliphatic rings. The summed E-state index contributed by atoms with van der Waals surface area (Å²) in [5, 5.41) is 3.82. The molecular formula is C20H19P. The molecular weight excluding hydrogens is 271 g/mol. The van der Waals surface area contributed by atoms with Gasteiger partial charge in [0.15, 0.2) is 0 Å². The van der Waals surface area contributed by atoms with Crippen LogP contribution in [-0.4, -0.2) is 0 Å². The van der Waals surface area contributed by atoms with Gasteiger partial charge in [-0.15, -0.1) is 0 Å². The van der Waals surface area contributed by atoms with Crippen LogP contribution in [0.3, 0.4) is 0 Å². The Bertz CT molecular complexity index is 648. The summed E-state index contributed by atoms with van der Waals surface area (Å²) in [6.45, 7) is 11.6.